The van der Waals surface area contributed by atoms with Crippen molar-refractivity contribution in [2.75, 3.05) is 46.0 Å². The van der Waals surface area contributed by atoms with Crippen LogP contribution in [0.15, 0.2) is 0 Å². The molecule has 0 aliphatic carbocycles. The molecule has 1 N–H and O–H groups in total. The summed E-state index contributed by atoms with van der Waals surface area (Å²) in [6.45, 7) is 8.07. The first-order valence-electron chi connectivity index (χ1n) is 23.1. The Kier molecular flexibility index (Phi) is 29.1. The maximum absolute atomic E-state index is 12.8. The molecule has 2 unspecified atom stereocenters. The van der Waals surface area contributed by atoms with E-state index in [0.29, 0.717) is 13.0 Å². The molecule has 0 amide bonds. The molecule has 54 heavy (non-hydrogen) atoms. The molecule has 3 aliphatic rings. The summed E-state index contributed by atoms with van der Waals surface area (Å²) >= 11 is 0. The number of hydrogen-bond donors (Lipinski definition) is 1. The Morgan fingerprint density at radius 2 is 0.963 bits per heavy atom. The molecule has 3 saturated heterocycles. The van der Waals surface area contributed by atoms with Crippen LogP contribution in [0.5, 0.6) is 0 Å². The number of carbonyl (C=O) groups is 2. The van der Waals surface area contributed by atoms with Gasteiger partial charge in [0.1, 0.15) is 19.8 Å². The zero-order valence-electron chi connectivity index (χ0n) is 35.2. The fourth-order valence-electron chi connectivity index (χ4n) is 8.23. The van der Waals surface area contributed by atoms with Crippen molar-refractivity contribution in [2.24, 2.45) is 5.92 Å². The van der Waals surface area contributed by atoms with Gasteiger partial charge in [0.05, 0.1) is 26.2 Å². The van der Waals surface area contributed by atoms with E-state index in [2.05, 4.69) is 13.8 Å². The normalized spacial score (nSPS) is 19.8. The summed E-state index contributed by atoms with van der Waals surface area (Å²) in [5.41, 5.74) is 0. The number of nitrogens with zero attached hydrogens (tertiary/aromatic N) is 1. The van der Waals surface area contributed by atoms with E-state index in [-0.39, 0.29) is 32.2 Å². The fourth-order valence-corrected chi connectivity index (χ4v) is 8.97. The summed E-state index contributed by atoms with van der Waals surface area (Å²) in [5.74, 6) is 0.0846. The van der Waals surface area contributed by atoms with Crippen molar-refractivity contribution < 1.29 is 42.1 Å². The Bertz CT molecular complexity index is 958. The summed E-state index contributed by atoms with van der Waals surface area (Å²) in [6.07, 6.45) is 35.2. The lowest BCUT2D eigenvalue weighted by atomic mass is 9.86. The molecule has 0 spiro atoms. The van der Waals surface area contributed by atoms with Gasteiger partial charge in [0.15, 0.2) is 6.10 Å². The van der Waals surface area contributed by atoms with Crippen LogP contribution < -0.4 is 0 Å². The average Bonchev–Trinajstić information content (AvgIpc) is 3.17. The Balaban J connectivity index is 1.64. The highest BCUT2D eigenvalue weighted by molar-refractivity contribution is 7.47. The van der Waals surface area contributed by atoms with Gasteiger partial charge in [0.25, 0.3) is 0 Å². The largest absolute Gasteiger partial charge is 0.472 e. The molecule has 2 bridgehead atoms. The van der Waals surface area contributed by atoms with E-state index >= 15 is 0 Å². The van der Waals surface area contributed by atoms with Crippen molar-refractivity contribution in [2.45, 2.75) is 219 Å². The van der Waals surface area contributed by atoms with E-state index < -0.39 is 19.9 Å². The molecule has 9 nitrogen and oxygen atoms in total. The van der Waals surface area contributed by atoms with Crippen molar-refractivity contribution in [3.05, 3.63) is 0 Å². The Labute approximate surface area is 332 Å². The third kappa shape index (κ3) is 26.0. The van der Waals surface area contributed by atoms with Gasteiger partial charge in [-0.15, -0.1) is 0 Å². The van der Waals surface area contributed by atoms with Gasteiger partial charge in [-0.1, -0.05) is 168 Å². The van der Waals surface area contributed by atoms with E-state index in [0.717, 1.165) is 68.6 Å². The predicted octanol–water partition coefficient (Wildman–Crippen LogP) is 12.2. The van der Waals surface area contributed by atoms with Crippen LogP contribution in [0.25, 0.3) is 0 Å². The van der Waals surface area contributed by atoms with E-state index in [1.807, 2.05) is 0 Å². The van der Waals surface area contributed by atoms with Gasteiger partial charge in [-0.05, 0) is 38.0 Å². The highest BCUT2D eigenvalue weighted by Gasteiger charge is 2.40. The highest BCUT2D eigenvalue weighted by Crippen LogP contribution is 2.44. The molecule has 3 fully saturated rings. The maximum Gasteiger partial charge on any atom is 0.472 e. The first-order chi connectivity index (χ1) is 26.3. The van der Waals surface area contributed by atoms with Gasteiger partial charge in [0, 0.05) is 12.8 Å². The van der Waals surface area contributed by atoms with Crippen molar-refractivity contribution in [1.29, 1.82) is 0 Å². The summed E-state index contributed by atoms with van der Waals surface area (Å²) in [7, 11) is -4.37. The number of fused-ring (bicyclic) bond motifs is 3. The van der Waals surface area contributed by atoms with Crippen molar-refractivity contribution >= 4 is 19.8 Å². The first kappa shape index (κ1) is 49.2. The molecule has 0 radical (unpaired) electrons. The number of hydrogen-bond acceptors (Lipinski definition) is 7. The second-order valence-corrected chi connectivity index (χ2v) is 18.3. The second kappa shape index (κ2) is 32.0. The number of phosphoric acid groups is 1. The number of phosphoric ester groups is 1. The van der Waals surface area contributed by atoms with Gasteiger partial charge < -0.3 is 18.9 Å². The Hall–Kier alpha value is -0.990. The zero-order chi connectivity index (χ0) is 39.0. The topological polar surface area (TPSA) is 108 Å². The molecule has 3 aliphatic heterocycles. The van der Waals surface area contributed by atoms with Crippen LogP contribution in [0.4, 0.5) is 0 Å². The molecule has 318 valence electrons. The highest BCUT2D eigenvalue weighted by atomic mass is 31.2. The van der Waals surface area contributed by atoms with Crippen molar-refractivity contribution in [1.82, 2.24) is 0 Å². The molecule has 3 rings (SSSR count). The van der Waals surface area contributed by atoms with Crippen LogP contribution >= 0.6 is 7.82 Å². The maximum atomic E-state index is 12.8. The number of piperidine rings is 3. The molecule has 0 aromatic carbocycles. The zero-order valence-corrected chi connectivity index (χ0v) is 36.1. The van der Waals surface area contributed by atoms with Gasteiger partial charge in [-0.25, -0.2) is 4.57 Å². The van der Waals surface area contributed by atoms with Crippen LogP contribution in [-0.4, -0.2) is 73.4 Å². The van der Waals surface area contributed by atoms with Gasteiger partial charge in [-0.2, -0.15) is 0 Å². The molecule has 10 heteroatoms. The molecular formula is C44H85NO8P+. The Morgan fingerprint density at radius 3 is 1.39 bits per heavy atom. The molecule has 0 aromatic rings. The minimum atomic E-state index is -4.37. The quantitative estimate of drug-likeness (QED) is 0.0285. The van der Waals surface area contributed by atoms with Crippen LogP contribution in [0.2, 0.25) is 0 Å². The van der Waals surface area contributed by atoms with Crippen LogP contribution in [-0.2, 0) is 32.7 Å². The van der Waals surface area contributed by atoms with E-state index in [1.165, 1.54) is 148 Å². The fraction of sp³-hybridized carbons (Fsp3) is 0.955. The molecule has 2 atom stereocenters. The number of carbonyl (C=O) groups excluding carboxylic acids is 2. The smallest absolute Gasteiger partial charge is 0.462 e. The lowest BCUT2D eigenvalue weighted by Gasteiger charge is -2.49. The SMILES string of the molecule is CCCCCCCCCCCCCCCC(=O)OCC(COP(=O)(O)OCC[N+]12CCC(CC1)CC2)OC(=O)CCCCCCCCCCCCCCC. The molecule has 3 heterocycles. The number of ether oxygens (including phenoxy) is 2. The first-order valence-corrected chi connectivity index (χ1v) is 24.6. The monoisotopic (exact) mass is 787 g/mol. The average molecular weight is 787 g/mol. The van der Waals surface area contributed by atoms with Crippen LogP contribution in [0, 0.1) is 5.92 Å². The third-order valence-electron chi connectivity index (χ3n) is 12.0. The minimum Gasteiger partial charge on any atom is -0.462 e. The van der Waals surface area contributed by atoms with Gasteiger partial charge in [0.2, 0.25) is 0 Å². The summed E-state index contributed by atoms with van der Waals surface area (Å²) < 4.78 is 35.5. The standard InChI is InChI=1S/C44H84NO8P/c1-3-5-7-9-11-13-15-17-19-21-23-25-27-29-43(46)50-39-42(40-52-54(48,49)51-38-37-45-34-31-41(32-35-45)33-36-45)53-44(47)30-28-26-24-22-20-18-16-14-12-10-8-6-4-2/h41-42H,3-40H2,1-2H3/p+1. The number of esters is 2. The molecular weight excluding hydrogens is 701 g/mol. The lowest BCUT2D eigenvalue weighted by molar-refractivity contribution is -0.942. The lowest BCUT2D eigenvalue weighted by Crippen LogP contribution is -2.59. The molecule has 0 aromatic heterocycles. The van der Waals surface area contributed by atoms with E-state index in [4.69, 9.17) is 18.5 Å². The van der Waals surface area contributed by atoms with E-state index in [9.17, 15) is 19.0 Å². The second-order valence-electron chi connectivity index (χ2n) is 16.8. The minimum absolute atomic E-state index is 0.135. The summed E-state index contributed by atoms with van der Waals surface area (Å²) in [4.78, 5) is 35.8. The number of quaternary nitrogens is 1. The molecule has 0 saturated carbocycles. The Morgan fingerprint density at radius 1 is 0.574 bits per heavy atom. The number of rotatable bonds is 38. The van der Waals surface area contributed by atoms with Gasteiger partial charge >= 0.3 is 19.8 Å². The van der Waals surface area contributed by atoms with Crippen LogP contribution in [0.1, 0.15) is 213 Å². The van der Waals surface area contributed by atoms with E-state index in [1.54, 1.807) is 0 Å². The summed E-state index contributed by atoms with van der Waals surface area (Å²) in [5, 5.41) is 0. The van der Waals surface area contributed by atoms with Crippen LogP contribution in [0.3, 0.4) is 0 Å². The third-order valence-corrected chi connectivity index (χ3v) is 13.0. The van der Waals surface area contributed by atoms with Crippen molar-refractivity contribution in [3.8, 4) is 0 Å². The predicted molar refractivity (Wildman–Crippen MR) is 220 cm³/mol. The summed E-state index contributed by atoms with van der Waals surface area (Å²) in [6, 6.07) is 0. The van der Waals surface area contributed by atoms with Gasteiger partial charge in [-0.3, -0.25) is 18.6 Å². The van der Waals surface area contributed by atoms with Crippen molar-refractivity contribution in [3.63, 3.8) is 0 Å². The number of unbranched alkanes of at least 4 members (excludes halogenated alkanes) is 24.